The van der Waals surface area contributed by atoms with Crippen LogP contribution in [0, 0.1) is 5.82 Å². The molecule has 0 radical (unpaired) electrons. The van der Waals surface area contributed by atoms with E-state index in [1.165, 1.54) is 6.42 Å². The number of halogens is 1. The Hall–Kier alpha value is -0.850. The lowest BCUT2D eigenvalue weighted by molar-refractivity contribution is 0.263. The zero-order chi connectivity index (χ0) is 10.2. The van der Waals surface area contributed by atoms with Crippen LogP contribution in [0.1, 0.15) is 44.2 Å². The van der Waals surface area contributed by atoms with Crippen LogP contribution >= 0.6 is 0 Å². The molecule has 0 N–H and O–H groups in total. The molecule has 0 heterocycles. The van der Waals surface area contributed by atoms with E-state index >= 15 is 0 Å². The van der Waals surface area contributed by atoms with E-state index in [1.54, 1.807) is 6.07 Å². The summed E-state index contributed by atoms with van der Waals surface area (Å²) in [5.74, 6) is -0.00782. The van der Waals surface area contributed by atoms with E-state index in [2.05, 4.69) is 19.9 Å². The maximum absolute atomic E-state index is 13.8. The summed E-state index contributed by atoms with van der Waals surface area (Å²) >= 11 is 0. The van der Waals surface area contributed by atoms with Gasteiger partial charge in [-0.05, 0) is 41.9 Å². The van der Waals surface area contributed by atoms with Crippen molar-refractivity contribution in [2.24, 2.45) is 0 Å². The van der Waals surface area contributed by atoms with Crippen LogP contribution in [0.25, 0.3) is 0 Å². The van der Waals surface area contributed by atoms with Crippen molar-refractivity contribution >= 4 is 0 Å². The van der Waals surface area contributed by atoms with E-state index in [-0.39, 0.29) is 11.2 Å². The van der Waals surface area contributed by atoms with Crippen molar-refractivity contribution in [3.05, 3.63) is 35.1 Å². The van der Waals surface area contributed by atoms with E-state index in [9.17, 15) is 4.39 Å². The standard InChI is InChI=1S/C13H17F/c1-3-10-5-6-11(12(14)9-10)13(2)7-4-8-13/h5-6,9H,3-4,7-8H2,1-2H3. The Bertz CT molecular complexity index is 337. The second-order valence-electron chi connectivity index (χ2n) is 4.58. The molecule has 1 aliphatic rings. The monoisotopic (exact) mass is 192 g/mol. The summed E-state index contributed by atoms with van der Waals surface area (Å²) < 4.78 is 13.8. The van der Waals surface area contributed by atoms with Gasteiger partial charge in [-0.15, -0.1) is 0 Å². The number of benzene rings is 1. The Labute approximate surface area is 85.1 Å². The van der Waals surface area contributed by atoms with Crippen LogP contribution in [0.4, 0.5) is 4.39 Å². The summed E-state index contributed by atoms with van der Waals surface area (Å²) in [5.41, 5.74) is 2.13. The van der Waals surface area contributed by atoms with Crippen LogP contribution in [0.5, 0.6) is 0 Å². The molecule has 2 rings (SSSR count). The van der Waals surface area contributed by atoms with Gasteiger partial charge in [-0.25, -0.2) is 4.39 Å². The van der Waals surface area contributed by atoms with Gasteiger partial charge in [0.25, 0.3) is 0 Å². The van der Waals surface area contributed by atoms with Gasteiger partial charge in [0, 0.05) is 0 Å². The average molecular weight is 192 g/mol. The minimum atomic E-state index is -0.00782. The SMILES string of the molecule is CCc1ccc(C2(C)CCC2)c(F)c1. The lowest BCUT2D eigenvalue weighted by Gasteiger charge is -2.39. The molecule has 1 aliphatic carbocycles. The fourth-order valence-electron chi connectivity index (χ4n) is 2.24. The van der Waals surface area contributed by atoms with Crippen LogP contribution in [-0.4, -0.2) is 0 Å². The highest BCUT2D eigenvalue weighted by Gasteiger charge is 2.35. The van der Waals surface area contributed by atoms with Crippen molar-refractivity contribution in [3.8, 4) is 0 Å². The summed E-state index contributed by atoms with van der Waals surface area (Å²) in [6.45, 7) is 4.22. The number of aryl methyl sites for hydroxylation is 1. The van der Waals surface area contributed by atoms with Gasteiger partial charge in [-0.3, -0.25) is 0 Å². The number of rotatable bonds is 2. The molecule has 0 aliphatic heterocycles. The molecular weight excluding hydrogens is 175 g/mol. The molecule has 14 heavy (non-hydrogen) atoms. The maximum Gasteiger partial charge on any atom is 0.127 e. The summed E-state index contributed by atoms with van der Waals surface area (Å²) in [7, 11) is 0. The quantitative estimate of drug-likeness (QED) is 0.668. The van der Waals surface area contributed by atoms with Gasteiger partial charge in [-0.2, -0.15) is 0 Å². The molecule has 0 nitrogen and oxygen atoms in total. The fourth-order valence-corrected chi connectivity index (χ4v) is 2.24. The van der Waals surface area contributed by atoms with E-state index in [1.807, 2.05) is 6.07 Å². The first-order valence-electron chi connectivity index (χ1n) is 5.44. The topological polar surface area (TPSA) is 0 Å². The van der Waals surface area contributed by atoms with Crippen LogP contribution in [0.3, 0.4) is 0 Å². The van der Waals surface area contributed by atoms with Gasteiger partial charge in [0.2, 0.25) is 0 Å². The van der Waals surface area contributed by atoms with Gasteiger partial charge in [0.05, 0.1) is 0 Å². The average Bonchev–Trinajstić information content (AvgIpc) is 2.14. The largest absolute Gasteiger partial charge is 0.207 e. The molecule has 0 amide bonds. The summed E-state index contributed by atoms with van der Waals surface area (Å²) in [4.78, 5) is 0. The van der Waals surface area contributed by atoms with E-state index in [4.69, 9.17) is 0 Å². The molecule has 1 heteroatoms. The molecule has 0 atom stereocenters. The normalized spacial score (nSPS) is 19.1. The molecule has 0 unspecified atom stereocenters. The Morgan fingerprint density at radius 1 is 1.36 bits per heavy atom. The third-order valence-electron chi connectivity index (χ3n) is 3.55. The number of hydrogen-bond donors (Lipinski definition) is 0. The van der Waals surface area contributed by atoms with Gasteiger partial charge in [-0.1, -0.05) is 32.4 Å². The summed E-state index contributed by atoms with van der Waals surface area (Å²) in [6, 6.07) is 5.73. The zero-order valence-corrected chi connectivity index (χ0v) is 8.94. The van der Waals surface area contributed by atoms with E-state index in [0.29, 0.717) is 0 Å². The number of hydrogen-bond acceptors (Lipinski definition) is 0. The molecule has 1 fully saturated rings. The molecule has 0 spiro atoms. The third kappa shape index (κ3) is 1.45. The predicted molar refractivity (Wildman–Crippen MR) is 57.0 cm³/mol. The van der Waals surface area contributed by atoms with Crippen molar-refractivity contribution < 1.29 is 4.39 Å². The van der Waals surface area contributed by atoms with Crippen LogP contribution < -0.4 is 0 Å². The highest BCUT2D eigenvalue weighted by atomic mass is 19.1. The first kappa shape index (κ1) is 9.70. The molecule has 0 bridgehead atoms. The summed E-state index contributed by atoms with van der Waals surface area (Å²) in [6.07, 6.45) is 4.42. The third-order valence-corrected chi connectivity index (χ3v) is 3.55. The first-order valence-corrected chi connectivity index (χ1v) is 5.44. The minimum Gasteiger partial charge on any atom is -0.207 e. The molecule has 76 valence electrons. The first-order chi connectivity index (χ1) is 6.65. The van der Waals surface area contributed by atoms with Crippen molar-refractivity contribution in [2.75, 3.05) is 0 Å². The maximum atomic E-state index is 13.8. The smallest absolute Gasteiger partial charge is 0.127 e. The van der Waals surface area contributed by atoms with Gasteiger partial charge in [0.15, 0.2) is 0 Å². The Morgan fingerprint density at radius 2 is 2.07 bits per heavy atom. The Morgan fingerprint density at radius 3 is 2.50 bits per heavy atom. The van der Waals surface area contributed by atoms with Gasteiger partial charge in [0.1, 0.15) is 5.82 Å². The minimum absolute atomic E-state index is 0.00782. The van der Waals surface area contributed by atoms with Crippen molar-refractivity contribution in [2.45, 2.75) is 44.9 Å². The Kier molecular flexibility index (Phi) is 2.34. The van der Waals surface area contributed by atoms with E-state index in [0.717, 1.165) is 30.4 Å². The fraction of sp³-hybridized carbons (Fsp3) is 0.538. The van der Waals surface area contributed by atoms with Crippen molar-refractivity contribution in [1.82, 2.24) is 0 Å². The molecule has 1 aromatic rings. The van der Waals surface area contributed by atoms with Crippen LogP contribution in [0.2, 0.25) is 0 Å². The lowest BCUT2D eigenvalue weighted by Crippen LogP contribution is -2.31. The van der Waals surface area contributed by atoms with Crippen LogP contribution in [-0.2, 0) is 11.8 Å². The zero-order valence-electron chi connectivity index (χ0n) is 8.94. The second-order valence-corrected chi connectivity index (χ2v) is 4.58. The van der Waals surface area contributed by atoms with Crippen molar-refractivity contribution in [1.29, 1.82) is 0 Å². The molecule has 1 saturated carbocycles. The molecular formula is C13H17F. The van der Waals surface area contributed by atoms with Crippen LogP contribution in [0.15, 0.2) is 18.2 Å². The Balaban J connectivity index is 2.35. The highest BCUT2D eigenvalue weighted by Crippen LogP contribution is 2.44. The van der Waals surface area contributed by atoms with Gasteiger partial charge >= 0.3 is 0 Å². The van der Waals surface area contributed by atoms with E-state index < -0.39 is 0 Å². The molecule has 1 aromatic carbocycles. The molecule has 0 saturated heterocycles. The summed E-state index contributed by atoms with van der Waals surface area (Å²) in [5, 5.41) is 0. The van der Waals surface area contributed by atoms with Crippen molar-refractivity contribution in [3.63, 3.8) is 0 Å². The highest BCUT2D eigenvalue weighted by molar-refractivity contribution is 5.32. The molecule has 0 aromatic heterocycles. The lowest BCUT2D eigenvalue weighted by atomic mass is 9.66. The second kappa shape index (κ2) is 3.38. The van der Waals surface area contributed by atoms with Gasteiger partial charge < -0.3 is 0 Å². The predicted octanol–water partition coefficient (Wildman–Crippen LogP) is 3.83.